The predicted molar refractivity (Wildman–Crippen MR) is 88.1 cm³/mol. The Labute approximate surface area is 133 Å². The van der Waals surface area contributed by atoms with Crippen LogP contribution in [0.5, 0.6) is 0 Å². The molecule has 0 aliphatic heterocycles. The molecule has 1 amide bonds. The number of nitrogens with two attached hydrogens (primary N) is 1. The molecule has 1 heterocycles. The van der Waals surface area contributed by atoms with E-state index in [0.717, 1.165) is 15.6 Å². The Balaban J connectivity index is 2.05. The third-order valence-corrected chi connectivity index (χ3v) is 4.63. The van der Waals surface area contributed by atoms with E-state index >= 15 is 0 Å². The molecule has 1 aromatic carbocycles. The molecule has 0 spiro atoms. The number of aromatic nitrogens is 1. The maximum absolute atomic E-state index is 11.1. The van der Waals surface area contributed by atoms with Crippen molar-refractivity contribution in [3.8, 4) is 0 Å². The van der Waals surface area contributed by atoms with Gasteiger partial charge >= 0.3 is 0 Å². The van der Waals surface area contributed by atoms with Crippen LogP contribution in [0.2, 0.25) is 5.02 Å². The lowest BCUT2D eigenvalue weighted by Gasteiger charge is -2.13. The number of nitrogens with one attached hydrogen (secondary N) is 1. The number of rotatable bonds is 4. The van der Waals surface area contributed by atoms with E-state index < -0.39 is 5.91 Å². The van der Waals surface area contributed by atoms with Crippen LogP contribution in [-0.2, 0) is 12.0 Å². The molecule has 0 saturated carbocycles. The Kier molecular flexibility index (Phi) is 4.54. The molecule has 0 bridgehead atoms. The summed E-state index contributed by atoms with van der Waals surface area (Å²) >= 11 is 7.71. The largest absolute Gasteiger partial charge is 0.380 e. The summed E-state index contributed by atoms with van der Waals surface area (Å²) in [5, 5.41) is 4.73. The van der Waals surface area contributed by atoms with E-state index in [2.05, 4.69) is 31.1 Å². The summed E-state index contributed by atoms with van der Waals surface area (Å²) < 4.78 is 0. The number of benzene rings is 1. The highest BCUT2D eigenvalue weighted by atomic mass is 35.5. The molecule has 0 atom stereocenters. The van der Waals surface area contributed by atoms with Crippen LogP contribution in [-0.4, -0.2) is 10.9 Å². The number of nitrogens with zero attached hydrogens (tertiary/aromatic N) is 1. The average molecular weight is 324 g/mol. The highest BCUT2D eigenvalue weighted by molar-refractivity contribution is 7.11. The average Bonchev–Trinajstić information content (AvgIpc) is 2.84. The topological polar surface area (TPSA) is 68.0 Å². The maximum Gasteiger partial charge on any atom is 0.250 e. The van der Waals surface area contributed by atoms with Gasteiger partial charge in [0.05, 0.1) is 22.1 Å². The van der Waals surface area contributed by atoms with Gasteiger partial charge in [0, 0.05) is 22.2 Å². The van der Waals surface area contributed by atoms with Crippen LogP contribution in [0, 0.1) is 0 Å². The minimum absolute atomic E-state index is 0.0648. The Morgan fingerprint density at radius 3 is 2.67 bits per heavy atom. The number of carbonyl (C=O) groups is 1. The van der Waals surface area contributed by atoms with Crippen LogP contribution in [0.25, 0.3) is 0 Å². The summed E-state index contributed by atoms with van der Waals surface area (Å²) in [6.07, 6.45) is 1.89. The molecule has 0 fully saturated rings. The number of amides is 1. The van der Waals surface area contributed by atoms with Gasteiger partial charge in [-0.05, 0) is 18.2 Å². The molecule has 21 heavy (non-hydrogen) atoms. The van der Waals surface area contributed by atoms with Gasteiger partial charge in [-0.25, -0.2) is 4.98 Å². The van der Waals surface area contributed by atoms with Gasteiger partial charge in [0.2, 0.25) is 5.91 Å². The molecule has 0 saturated heterocycles. The molecule has 6 heteroatoms. The second-order valence-electron chi connectivity index (χ2n) is 5.79. The molecule has 3 N–H and O–H groups in total. The predicted octanol–water partition coefficient (Wildman–Crippen LogP) is 3.81. The summed E-state index contributed by atoms with van der Waals surface area (Å²) in [4.78, 5) is 16.7. The van der Waals surface area contributed by atoms with Crippen molar-refractivity contribution in [3.63, 3.8) is 0 Å². The summed E-state index contributed by atoms with van der Waals surface area (Å²) in [6, 6.07) is 5.12. The van der Waals surface area contributed by atoms with Crippen molar-refractivity contribution in [2.24, 2.45) is 5.73 Å². The summed E-state index contributed by atoms with van der Waals surface area (Å²) in [5.74, 6) is -0.524. The van der Waals surface area contributed by atoms with Gasteiger partial charge in [0.15, 0.2) is 0 Å². The Bertz CT molecular complexity index is 661. The van der Waals surface area contributed by atoms with Crippen LogP contribution in [0.3, 0.4) is 0 Å². The number of carbonyl (C=O) groups excluding carboxylic acids is 1. The first-order valence-corrected chi connectivity index (χ1v) is 7.75. The molecule has 0 unspecified atom stereocenters. The van der Waals surface area contributed by atoms with Crippen LogP contribution < -0.4 is 11.1 Å². The van der Waals surface area contributed by atoms with Crippen molar-refractivity contribution in [1.29, 1.82) is 0 Å². The van der Waals surface area contributed by atoms with Crippen molar-refractivity contribution in [2.75, 3.05) is 5.32 Å². The van der Waals surface area contributed by atoms with Gasteiger partial charge in [0.25, 0.3) is 0 Å². The minimum atomic E-state index is -0.524. The quantitative estimate of drug-likeness (QED) is 0.899. The van der Waals surface area contributed by atoms with Gasteiger partial charge in [-0.2, -0.15) is 0 Å². The lowest BCUT2D eigenvalue weighted by Crippen LogP contribution is -2.11. The zero-order chi connectivity index (χ0) is 15.6. The van der Waals surface area contributed by atoms with Gasteiger partial charge in [-0.3, -0.25) is 4.79 Å². The highest BCUT2D eigenvalue weighted by Gasteiger charge is 2.17. The molecule has 1 aromatic heterocycles. The maximum atomic E-state index is 11.1. The van der Waals surface area contributed by atoms with E-state index in [9.17, 15) is 4.79 Å². The van der Waals surface area contributed by atoms with Gasteiger partial charge in [-0.1, -0.05) is 32.4 Å². The lowest BCUT2D eigenvalue weighted by molar-refractivity contribution is 0.100. The Morgan fingerprint density at radius 2 is 2.14 bits per heavy atom. The Morgan fingerprint density at radius 1 is 1.43 bits per heavy atom. The van der Waals surface area contributed by atoms with E-state index in [1.165, 1.54) is 0 Å². The van der Waals surface area contributed by atoms with Gasteiger partial charge < -0.3 is 11.1 Å². The number of anilines is 1. The summed E-state index contributed by atoms with van der Waals surface area (Å²) in [7, 11) is 0. The molecule has 0 radical (unpaired) electrons. The monoisotopic (exact) mass is 323 g/mol. The zero-order valence-corrected chi connectivity index (χ0v) is 13.8. The van der Waals surface area contributed by atoms with Gasteiger partial charge in [-0.15, -0.1) is 11.3 Å². The lowest BCUT2D eigenvalue weighted by atomic mass is 9.98. The molecule has 4 nitrogen and oxygen atoms in total. The van der Waals surface area contributed by atoms with Crippen LogP contribution in [0.15, 0.2) is 24.4 Å². The number of primary amides is 1. The van der Waals surface area contributed by atoms with E-state index in [4.69, 9.17) is 17.3 Å². The van der Waals surface area contributed by atoms with Gasteiger partial charge in [0.1, 0.15) is 0 Å². The second-order valence-corrected chi connectivity index (χ2v) is 7.32. The van der Waals surface area contributed by atoms with Crippen molar-refractivity contribution >= 4 is 34.5 Å². The first-order chi connectivity index (χ1) is 9.77. The third kappa shape index (κ3) is 3.95. The van der Waals surface area contributed by atoms with Crippen molar-refractivity contribution in [1.82, 2.24) is 4.98 Å². The molecule has 0 aliphatic rings. The number of hydrogen-bond acceptors (Lipinski definition) is 4. The minimum Gasteiger partial charge on any atom is -0.380 e. The fourth-order valence-electron chi connectivity index (χ4n) is 1.75. The van der Waals surface area contributed by atoms with Crippen LogP contribution in [0.1, 0.15) is 41.0 Å². The number of hydrogen-bond donors (Lipinski definition) is 2. The third-order valence-electron chi connectivity index (χ3n) is 2.90. The van der Waals surface area contributed by atoms with E-state index in [0.29, 0.717) is 17.1 Å². The molecule has 2 rings (SSSR count). The van der Waals surface area contributed by atoms with E-state index in [1.54, 1.807) is 29.5 Å². The molecule has 2 aromatic rings. The number of halogens is 1. The second kappa shape index (κ2) is 6.03. The fourth-order valence-corrected chi connectivity index (χ4v) is 2.93. The number of thiazole rings is 1. The SMILES string of the molecule is CC(C)(C)c1ncc(CNc2ccc(C(N)=O)c(Cl)c2)s1. The van der Waals surface area contributed by atoms with Crippen molar-refractivity contribution in [2.45, 2.75) is 32.7 Å². The van der Waals surface area contributed by atoms with Crippen molar-refractivity contribution in [3.05, 3.63) is 44.9 Å². The van der Waals surface area contributed by atoms with E-state index in [-0.39, 0.29) is 5.41 Å². The molecule has 112 valence electrons. The first-order valence-electron chi connectivity index (χ1n) is 6.56. The fraction of sp³-hybridized carbons (Fsp3) is 0.333. The standard InChI is InChI=1S/C15H18ClN3OS/c1-15(2,3)14-19-8-10(21-14)7-18-9-4-5-11(13(17)20)12(16)6-9/h4-6,8,18H,7H2,1-3H3,(H2,17,20). The van der Waals surface area contributed by atoms with Crippen LogP contribution in [0.4, 0.5) is 5.69 Å². The summed E-state index contributed by atoms with van der Waals surface area (Å²) in [5.41, 5.74) is 6.46. The molecular formula is C15H18ClN3OS. The first kappa shape index (κ1) is 15.8. The molecule has 0 aliphatic carbocycles. The highest BCUT2D eigenvalue weighted by Crippen LogP contribution is 2.27. The van der Waals surface area contributed by atoms with E-state index in [1.807, 2.05) is 6.20 Å². The van der Waals surface area contributed by atoms with Crippen LogP contribution >= 0.6 is 22.9 Å². The smallest absolute Gasteiger partial charge is 0.250 e. The Hall–Kier alpha value is -1.59. The van der Waals surface area contributed by atoms with Crippen molar-refractivity contribution < 1.29 is 4.79 Å². The summed E-state index contributed by atoms with van der Waals surface area (Å²) in [6.45, 7) is 7.10. The normalized spacial score (nSPS) is 11.4. The molecular weight excluding hydrogens is 306 g/mol. The zero-order valence-electron chi connectivity index (χ0n) is 12.2.